The maximum atomic E-state index is 2.34. The van der Waals surface area contributed by atoms with E-state index in [1.807, 2.05) is 13.8 Å². The third-order valence-corrected chi connectivity index (χ3v) is 3.76. The molecule has 0 aliphatic carbocycles. The van der Waals surface area contributed by atoms with E-state index in [0.717, 1.165) is 17.8 Å². The fraction of sp³-hybridized carbons (Fsp3) is 1.00. The van der Waals surface area contributed by atoms with Crippen molar-refractivity contribution in [3.8, 4) is 0 Å². The molecular weight excluding hydrogens is 228 g/mol. The van der Waals surface area contributed by atoms with Gasteiger partial charge in [0.05, 0.1) is 0 Å². The highest BCUT2D eigenvalue weighted by molar-refractivity contribution is 4.55. The van der Waals surface area contributed by atoms with Gasteiger partial charge < -0.3 is 0 Å². The summed E-state index contributed by atoms with van der Waals surface area (Å²) in [5.74, 6) is 2.82. The Balaban J connectivity index is -0.000000239. The minimum atomic E-state index is 0.931. The van der Waals surface area contributed by atoms with Crippen LogP contribution in [0.25, 0.3) is 0 Å². The molecule has 0 nitrogen and oxygen atoms in total. The van der Waals surface area contributed by atoms with Gasteiger partial charge in [-0.15, -0.1) is 0 Å². The summed E-state index contributed by atoms with van der Waals surface area (Å²) < 4.78 is 0. The summed E-state index contributed by atoms with van der Waals surface area (Å²) in [5.41, 5.74) is 0. The zero-order chi connectivity index (χ0) is 15.7. The van der Waals surface area contributed by atoms with Gasteiger partial charge in [0.25, 0.3) is 0 Å². The summed E-state index contributed by atoms with van der Waals surface area (Å²) in [6, 6.07) is 0. The minimum Gasteiger partial charge on any atom is -0.0683 e. The third kappa shape index (κ3) is 23.5. The second-order valence-corrected chi connectivity index (χ2v) is 5.95. The van der Waals surface area contributed by atoms with E-state index in [-0.39, 0.29) is 0 Å². The van der Waals surface area contributed by atoms with Crippen molar-refractivity contribution in [3.05, 3.63) is 0 Å². The monoisotopic (exact) mass is 272 g/mol. The predicted octanol–water partition coefficient (Wildman–Crippen LogP) is 7.72. The molecule has 0 bridgehead atoms. The lowest BCUT2D eigenvalue weighted by molar-refractivity contribution is 0.397. The fourth-order valence-corrected chi connectivity index (χ4v) is 2.15. The van der Waals surface area contributed by atoms with Gasteiger partial charge in [-0.1, -0.05) is 101 Å². The second-order valence-electron chi connectivity index (χ2n) is 5.95. The summed E-state index contributed by atoms with van der Waals surface area (Å²) in [6.45, 7) is 20.1. The Kier molecular flexibility index (Phi) is 25.7. The Hall–Kier alpha value is 0. The van der Waals surface area contributed by atoms with Gasteiger partial charge in [0.1, 0.15) is 0 Å². The molecule has 2 unspecified atom stereocenters. The van der Waals surface area contributed by atoms with Gasteiger partial charge >= 0.3 is 0 Å². The van der Waals surface area contributed by atoms with Crippen LogP contribution < -0.4 is 0 Å². The Morgan fingerprint density at radius 3 is 1.11 bits per heavy atom. The second kappa shape index (κ2) is 20.3. The van der Waals surface area contributed by atoms with E-state index in [1.165, 1.54) is 44.9 Å². The molecule has 0 aromatic heterocycles. The van der Waals surface area contributed by atoms with Gasteiger partial charge in [0.2, 0.25) is 0 Å². The van der Waals surface area contributed by atoms with Crippen molar-refractivity contribution < 1.29 is 0 Å². The average molecular weight is 273 g/mol. The molecule has 0 aromatic carbocycles. The van der Waals surface area contributed by atoms with Crippen LogP contribution in [0.4, 0.5) is 0 Å². The molecule has 0 radical (unpaired) electrons. The molecule has 0 spiro atoms. The van der Waals surface area contributed by atoms with E-state index in [2.05, 4.69) is 48.5 Å². The lowest BCUT2D eigenvalue weighted by Crippen LogP contribution is -2.00. The maximum absolute atomic E-state index is 2.34. The smallest absolute Gasteiger partial charge is 0.0443 e. The zero-order valence-corrected chi connectivity index (χ0v) is 15.7. The first-order chi connectivity index (χ1) is 9.01. The lowest BCUT2D eigenvalue weighted by Gasteiger charge is -2.12. The standard InChI is InChI=1S/C9H20.C8H18.C2H6/c1-5-8(3)7-9(4)6-2;1-4-6-8(3)7-5-2;1-2/h8-9H,5-7H2,1-4H3;8H,4-7H2,1-3H3;1-2H3. The first-order valence-corrected chi connectivity index (χ1v) is 9.01. The molecule has 0 rings (SSSR count). The van der Waals surface area contributed by atoms with E-state index in [9.17, 15) is 0 Å². The van der Waals surface area contributed by atoms with Crippen LogP contribution in [-0.2, 0) is 0 Å². The first kappa shape index (κ1) is 24.0. The molecule has 2 atom stereocenters. The zero-order valence-electron chi connectivity index (χ0n) is 15.7. The van der Waals surface area contributed by atoms with Gasteiger partial charge in [0.15, 0.2) is 0 Å². The molecule has 0 saturated carbocycles. The van der Waals surface area contributed by atoms with E-state index in [1.54, 1.807) is 0 Å². The van der Waals surface area contributed by atoms with Gasteiger partial charge in [-0.25, -0.2) is 0 Å². The predicted molar refractivity (Wildman–Crippen MR) is 93.9 cm³/mol. The Bertz CT molecular complexity index is 114. The summed E-state index contributed by atoms with van der Waals surface area (Å²) in [5, 5.41) is 0. The van der Waals surface area contributed by atoms with Crippen molar-refractivity contribution in [2.75, 3.05) is 0 Å². The molecular formula is C19H44. The lowest BCUT2D eigenvalue weighted by atomic mass is 9.94. The van der Waals surface area contributed by atoms with Crippen molar-refractivity contribution in [3.63, 3.8) is 0 Å². The van der Waals surface area contributed by atoms with E-state index < -0.39 is 0 Å². The van der Waals surface area contributed by atoms with Crippen LogP contribution >= 0.6 is 0 Å². The summed E-state index contributed by atoms with van der Waals surface area (Å²) in [7, 11) is 0. The molecule has 0 fully saturated rings. The Morgan fingerprint density at radius 2 is 0.895 bits per heavy atom. The molecule has 19 heavy (non-hydrogen) atoms. The van der Waals surface area contributed by atoms with Gasteiger partial charge in [0, 0.05) is 0 Å². The minimum absolute atomic E-state index is 0.931. The number of hydrogen-bond acceptors (Lipinski definition) is 0. The van der Waals surface area contributed by atoms with Crippen molar-refractivity contribution in [2.45, 2.75) is 107 Å². The summed E-state index contributed by atoms with van der Waals surface area (Å²) >= 11 is 0. The van der Waals surface area contributed by atoms with Crippen LogP contribution in [-0.4, -0.2) is 0 Å². The molecule has 0 N–H and O–H groups in total. The molecule has 0 aliphatic heterocycles. The van der Waals surface area contributed by atoms with Crippen molar-refractivity contribution >= 4 is 0 Å². The SMILES string of the molecule is CC.CCC(C)CC(C)CC.CCCC(C)CCC. The molecule has 0 amide bonds. The van der Waals surface area contributed by atoms with Gasteiger partial charge in [-0.3, -0.25) is 0 Å². The topological polar surface area (TPSA) is 0 Å². The fourth-order valence-electron chi connectivity index (χ4n) is 2.15. The molecule has 0 heterocycles. The Labute approximate surface area is 125 Å². The summed E-state index contributed by atoms with van der Waals surface area (Å²) in [4.78, 5) is 0. The largest absolute Gasteiger partial charge is 0.0683 e. The molecule has 0 aliphatic rings. The van der Waals surface area contributed by atoms with Gasteiger partial charge in [-0.2, -0.15) is 0 Å². The van der Waals surface area contributed by atoms with E-state index in [4.69, 9.17) is 0 Å². The molecule has 0 heteroatoms. The van der Waals surface area contributed by atoms with Crippen molar-refractivity contribution in [1.29, 1.82) is 0 Å². The van der Waals surface area contributed by atoms with E-state index >= 15 is 0 Å². The van der Waals surface area contributed by atoms with Crippen molar-refractivity contribution in [2.24, 2.45) is 17.8 Å². The van der Waals surface area contributed by atoms with Crippen LogP contribution in [0, 0.1) is 17.8 Å². The average Bonchev–Trinajstić information content (AvgIpc) is 2.42. The quantitative estimate of drug-likeness (QED) is 0.424. The van der Waals surface area contributed by atoms with Crippen LogP contribution in [0.3, 0.4) is 0 Å². The van der Waals surface area contributed by atoms with Crippen LogP contribution in [0.1, 0.15) is 107 Å². The summed E-state index contributed by atoms with van der Waals surface area (Å²) in [6.07, 6.45) is 9.60. The third-order valence-electron chi connectivity index (χ3n) is 3.76. The first-order valence-electron chi connectivity index (χ1n) is 9.01. The van der Waals surface area contributed by atoms with Gasteiger partial charge in [-0.05, 0) is 24.2 Å². The van der Waals surface area contributed by atoms with Crippen molar-refractivity contribution in [1.82, 2.24) is 0 Å². The highest BCUT2D eigenvalue weighted by Gasteiger charge is 2.03. The van der Waals surface area contributed by atoms with Crippen LogP contribution in [0.2, 0.25) is 0 Å². The number of rotatable bonds is 8. The highest BCUT2D eigenvalue weighted by Crippen LogP contribution is 2.16. The molecule has 0 saturated heterocycles. The normalized spacial score (nSPS) is 12.9. The number of hydrogen-bond donors (Lipinski definition) is 0. The van der Waals surface area contributed by atoms with E-state index in [0.29, 0.717) is 0 Å². The highest BCUT2D eigenvalue weighted by atomic mass is 14.1. The Morgan fingerprint density at radius 1 is 0.579 bits per heavy atom. The van der Waals surface area contributed by atoms with Crippen LogP contribution in [0.15, 0.2) is 0 Å². The molecule has 0 aromatic rings. The maximum Gasteiger partial charge on any atom is -0.0443 e. The molecule has 120 valence electrons. The van der Waals surface area contributed by atoms with Crippen LogP contribution in [0.5, 0.6) is 0 Å².